The zero-order chi connectivity index (χ0) is 13.5. The normalized spacial score (nSPS) is 9.47. The third-order valence-corrected chi connectivity index (χ3v) is 2.28. The number of nitrogens with one attached hydrogen (secondary N) is 2. The lowest BCUT2D eigenvalue weighted by Crippen LogP contribution is -2.26. The molecule has 0 spiro atoms. The summed E-state index contributed by atoms with van der Waals surface area (Å²) in [6.07, 6.45) is 0.322. The van der Waals surface area contributed by atoms with Gasteiger partial charge >= 0.3 is 6.03 Å². The number of hydrogen-bond donors (Lipinski definition) is 2. The van der Waals surface area contributed by atoms with Crippen LogP contribution in [0.3, 0.4) is 0 Å². The lowest BCUT2D eigenvalue weighted by Gasteiger charge is -2.07. The molecule has 0 aliphatic carbocycles. The van der Waals surface area contributed by atoms with Crippen molar-refractivity contribution in [2.45, 2.75) is 0 Å². The highest BCUT2D eigenvalue weighted by Gasteiger charge is 2.01. The fourth-order valence-corrected chi connectivity index (χ4v) is 1.45. The second-order valence-corrected chi connectivity index (χ2v) is 3.66. The summed E-state index contributed by atoms with van der Waals surface area (Å²) in [4.78, 5) is 21.2. The van der Waals surface area contributed by atoms with Crippen LogP contribution in [0, 0.1) is 0 Å². The van der Waals surface area contributed by atoms with Crippen molar-refractivity contribution in [3.8, 4) is 11.5 Å². The Morgan fingerprint density at radius 2 is 1.58 bits per heavy atom. The number of urea groups is 1. The maximum atomic E-state index is 11.1. The first-order valence-electron chi connectivity index (χ1n) is 5.62. The smallest absolute Gasteiger partial charge is 0.325 e. The highest BCUT2D eigenvalue weighted by Crippen LogP contribution is 2.22. The minimum Gasteiger partial charge on any atom is -0.457 e. The highest BCUT2D eigenvalue weighted by molar-refractivity contribution is 5.95. The standard InChI is InChI=1S/C14H12N2O3/c17-10-15-14(18)16-11-6-8-13(9-7-11)19-12-4-2-1-3-5-12/h1-10H,(H2,15,16,17,18). The molecule has 19 heavy (non-hydrogen) atoms. The maximum Gasteiger partial charge on any atom is 0.325 e. The van der Waals surface area contributed by atoms with E-state index in [9.17, 15) is 9.59 Å². The van der Waals surface area contributed by atoms with Crippen LogP contribution < -0.4 is 15.4 Å². The van der Waals surface area contributed by atoms with Crippen molar-refractivity contribution in [2.75, 3.05) is 5.32 Å². The molecule has 0 bridgehead atoms. The third kappa shape index (κ3) is 3.85. The van der Waals surface area contributed by atoms with E-state index in [1.54, 1.807) is 24.3 Å². The van der Waals surface area contributed by atoms with Gasteiger partial charge in [0.25, 0.3) is 0 Å². The summed E-state index contributed by atoms with van der Waals surface area (Å²) in [5.41, 5.74) is 0.569. The van der Waals surface area contributed by atoms with Gasteiger partial charge in [0.1, 0.15) is 11.5 Å². The molecule has 0 unspecified atom stereocenters. The number of rotatable bonds is 4. The van der Waals surface area contributed by atoms with Crippen molar-refractivity contribution in [1.29, 1.82) is 0 Å². The largest absolute Gasteiger partial charge is 0.457 e. The van der Waals surface area contributed by atoms with Gasteiger partial charge in [0.15, 0.2) is 0 Å². The minimum absolute atomic E-state index is 0.322. The summed E-state index contributed by atoms with van der Waals surface area (Å²) in [5, 5.41) is 4.48. The molecule has 0 fully saturated rings. The van der Waals surface area contributed by atoms with E-state index in [4.69, 9.17) is 4.74 Å². The first-order chi connectivity index (χ1) is 9.28. The van der Waals surface area contributed by atoms with Crippen LogP contribution in [0.4, 0.5) is 10.5 Å². The van der Waals surface area contributed by atoms with Gasteiger partial charge in [-0.05, 0) is 36.4 Å². The van der Waals surface area contributed by atoms with Crippen LogP contribution in [-0.4, -0.2) is 12.4 Å². The van der Waals surface area contributed by atoms with E-state index in [0.717, 1.165) is 5.75 Å². The van der Waals surface area contributed by atoms with Gasteiger partial charge in [-0.2, -0.15) is 0 Å². The van der Waals surface area contributed by atoms with Crippen molar-refractivity contribution >= 4 is 18.1 Å². The number of hydrogen-bond acceptors (Lipinski definition) is 3. The molecule has 0 aliphatic heterocycles. The van der Waals surface area contributed by atoms with Crippen molar-refractivity contribution in [1.82, 2.24) is 5.32 Å². The van der Waals surface area contributed by atoms with E-state index < -0.39 is 6.03 Å². The van der Waals surface area contributed by atoms with Crippen molar-refractivity contribution in [3.05, 3.63) is 54.6 Å². The van der Waals surface area contributed by atoms with E-state index >= 15 is 0 Å². The fraction of sp³-hybridized carbons (Fsp3) is 0. The maximum absolute atomic E-state index is 11.1. The number of para-hydroxylation sites is 1. The van der Waals surface area contributed by atoms with E-state index in [-0.39, 0.29) is 0 Å². The summed E-state index contributed by atoms with van der Waals surface area (Å²) in [5.74, 6) is 1.40. The van der Waals surface area contributed by atoms with Gasteiger partial charge in [0.2, 0.25) is 6.41 Å². The van der Waals surface area contributed by atoms with Crippen LogP contribution in [0.25, 0.3) is 0 Å². The Bertz CT molecular complexity index is 553. The minimum atomic E-state index is -0.577. The Balaban J connectivity index is 1.98. The van der Waals surface area contributed by atoms with Gasteiger partial charge in [-0.3, -0.25) is 10.1 Å². The van der Waals surface area contributed by atoms with Crippen LogP contribution in [0.1, 0.15) is 0 Å². The van der Waals surface area contributed by atoms with Crippen LogP contribution in [0.5, 0.6) is 11.5 Å². The molecule has 2 N–H and O–H groups in total. The van der Waals surface area contributed by atoms with Gasteiger partial charge in [0, 0.05) is 5.69 Å². The Morgan fingerprint density at radius 1 is 0.947 bits per heavy atom. The topological polar surface area (TPSA) is 67.4 Å². The summed E-state index contributed by atoms with van der Waals surface area (Å²) in [6.45, 7) is 0. The quantitative estimate of drug-likeness (QED) is 0.826. The predicted octanol–water partition coefficient (Wildman–Crippen LogP) is 2.76. The van der Waals surface area contributed by atoms with Gasteiger partial charge < -0.3 is 10.1 Å². The van der Waals surface area contributed by atoms with Crippen molar-refractivity contribution in [2.24, 2.45) is 0 Å². The molecule has 0 atom stereocenters. The van der Waals surface area contributed by atoms with Crippen molar-refractivity contribution in [3.63, 3.8) is 0 Å². The zero-order valence-electron chi connectivity index (χ0n) is 10.00. The monoisotopic (exact) mass is 256 g/mol. The molecular formula is C14H12N2O3. The average molecular weight is 256 g/mol. The second-order valence-electron chi connectivity index (χ2n) is 3.66. The second kappa shape index (κ2) is 6.20. The number of ether oxygens (including phenoxy) is 1. The predicted molar refractivity (Wildman–Crippen MR) is 71.2 cm³/mol. The Kier molecular flexibility index (Phi) is 4.12. The zero-order valence-corrected chi connectivity index (χ0v) is 10.00. The van der Waals surface area contributed by atoms with E-state index in [1.807, 2.05) is 35.6 Å². The van der Waals surface area contributed by atoms with E-state index in [0.29, 0.717) is 17.8 Å². The van der Waals surface area contributed by atoms with Gasteiger partial charge in [-0.25, -0.2) is 4.79 Å². The van der Waals surface area contributed by atoms with Crippen LogP contribution >= 0.6 is 0 Å². The van der Waals surface area contributed by atoms with Gasteiger partial charge in [-0.1, -0.05) is 18.2 Å². The summed E-state index contributed by atoms with van der Waals surface area (Å²) >= 11 is 0. The lowest BCUT2D eigenvalue weighted by molar-refractivity contribution is -0.108. The molecule has 5 nitrogen and oxygen atoms in total. The first-order valence-corrected chi connectivity index (χ1v) is 5.62. The van der Waals surface area contributed by atoms with E-state index in [1.165, 1.54) is 0 Å². The molecule has 96 valence electrons. The number of carbonyl (C=O) groups excluding carboxylic acids is 2. The Labute approximate surface area is 110 Å². The molecule has 2 aromatic rings. The molecule has 2 aromatic carbocycles. The molecule has 0 heterocycles. The van der Waals surface area contributed by atoms with Crippen LogP contribution in [-0.2, 0) is 4.79 Å². The molecule has 0 saturated carbocycles. The number of amides is 3. The summed E-state index contributed by atoms with van der Waals surface area (Å²) in [6, 6.07) is 15.6. The highest BCUT2D eigenvalue weighted by atomic mass is 16.5. The lowest BCUT2D eigenvalue weighted by atomic mass is 10.3. The van der Waals surface area contributed by atoms with Crippen molar-refractivity contribution < 1.29 is 14.3 Å². The van der Waals surface area contributed by atoms with E-state index in [2.05, 4.69) is 5.32 Å². The Hall–Kier alpha value is -2.82. The molecule has 0 aromatic heterocycles. The fourth-order valence-electron chi connectivity index (χ4n) is 1.45. The summed E-state index contributed by atoms with van der Waals surface area (Å²) < 4.78 is 5.60. The van der Waals surface area contributed by atoms with Gasteiger partial charge in [-0.15, -0.1) is 0 Å². The molecule has 0 aliphatic rings. The number of anilines is 1. The summed E-state index contributed by atoms with van der Waals surface area (Å²) in [7, 11) is 0. The SMILES string of the molecule is O=CNC(=O)Nc1ccc(Oc2ccccc2)cc1. The number of imide groups is 1. The Morgan fingerprint density at radius 3 is 2.21 bits per heavy atom. The number of carbonyl (C=O) groups is 2. The first kappa shape index (κ1) is 12.6. The molecule has 2 rings (SSSR count). The molecule has 3 amide bonds. The third-order valence-electron chi connectivity index (χ3n) is 2.28. The molecular weight excluding hydrogens is 244 g/mol. The van der Waals surface area contributed by atoms with Crippen LogP contribution in [0.2, 0.25) is 0 Å². The van der Waals surface area contributed by atoms with Crippen LogP contribution in [0.15, 0.2) is 54.6 Å². The molecule has 5 heteroatoms. The molecule has 0 saturated heterocycles. The number of benzene rings is 2. The average Bonchev–Trinajstić information content (AvgIpc) is 2.42. The molecule has 0 radical (unpaired) electrons. The van der Waals surface area contributed by atoms with Gasteiger partial charge in [0.05, 0.1) is 0 Å².